The average Bonchev–Trinajstić information content (AvgIpc) is 2.04. The largest absolute Gasteiger partial charge is 0.344 e. The highest BCUT2D eigenvalue weighted by atomic mass is 16.2. The molecular formula is C8H14N2O2. The van der Waals surface area contributed by atoms with E-state index >= 15 is 0 Å². The van der Waals surface area contributed by atoms with Gasteiger partial charge in [0, 0.05) is 6.54 Å². The number of piperazine rings is 1. The van der Waals surface area contributed by atoms with Gasteiger partial charge in [0.25, 0.3) is 0 Å². The van der Waals surface area contributed by atoms with Gasteiger partial charge in [0.15, 0.2) is 5.78 Å². The highest BCUT2D eigenvalue weighted by molar-refractivity contribution is 5.91. The molecule has 0 bridgehead atoms. The number of ketones is 1. The summed E-state index contributed by atoms with van der Waals surface area (Å²) in [6.45, 7) is 3.98. The van der Waals surface area contributed by atoms with Crippen LogP contribution in [0.5, 0.6) is 0 Å². The van der Waals surface area contributed by atoms with Crippen molar-refractivity contribution in [3.63, 3.8) is 0 Å². The van der Waals surface area contributed by atoms with Crippen molar-refractivity contribution >= 4 is 11.7 Å². The molecule has 1 saturated heterocycles. The molecule has 2 atom stereocenters. The van der Waals surface area contributed by atoms with Crippen LogP contribution in [-0.4, -0.2) is 30.3 Å². The number of carbonyl (C=O) groups excluding carboxylic acids is 2. The first-order valence-corrected chi connectivity index (χ1v) is 4.19. The number of Topliss-reactive ketones (excluding diaryl/α,β-unsaturated/α-hetero) is 1. The Balaban J connectivity index is 2.52. The van der Waals surface area contributed by atoms with Crippen molar-refractivity contribution < 1.29 is 9.59 Å². The molecule has 1 aliphatic rings. The fourth-order valence-electron chi connectivity index (χ4n) is 1.25. The van der Waals surface area contributed by atoms with Crippen LogP contribution in [0, 0.1) is 0 Å². The molecule has 0 spiro atoms. The average molecular weight is 170 g/mol. The molecule has 1 rings (SSSR count). The number of carbonyl (C=O) groups is 2. The molecule has 12 heavy (non-hydrogen) atoms. The molecule has 0 saturated carbocycles. The van der Waals surface area contributed by atoms with E-state index in [-0.39, 0.29) is 23.8 Å². The monoisotopic (exact) mass is 170 g/mol. The van der Waals surface area contributed by atoms with Crippen LogP contribution in [0.25, 0.3) is 0 Å². The molecule has 4 heteroatoms. The second-order valence-electron chi connectivity index (χ2n) is 3.04. The maximum Gasteiger partial charge on any atom is 0.237 e. The van der Waals surface area contributed by atoms with Gasteiger partial charge in [0.05, 0.1) is 12.1 Å². The summed E-state index contributed by atoms with van der Waals surface area (Å²) in [5, 5.41) is 5.68. The van der Waals surface area contributed by atoms with Crippen LogP contribution in [0.15, 0.2) is 0 Å². The zero-order valence-corrected chi connectivity index (χ0v) is 7.39. The molecule has 1 heterocycles. The third-order valence-corrected chi connectivity index (χ3v) is 2.10. The van der Waals surface area contributed by atoms with E-state index in [2.05, 4.69) is 10.6 Å². The Morgan fingerprint density at radius 1 is 1.67 bits per heavy atom. The van der Waals surface area contributed by atoms with E-state index in [1.807, 2.05) is 6.92 Å². The van der Waals surface area contributed by atoms with Crippen LogP contribution in [0.4, 0.5) is 0 Å². The summed E-state index contributed by atoms with van der Waals surface area (Å²) in [6, 6.07) is -0.458. The van der Waals surface area contributed by atoms with Crippen molar-refractivity contribution in [1.29, 1.82) is 0 Å². The normalized spacial score (nSPS) is 29.7. The van der Waals surface area contributed by atoms with Crippen molar-refractivity contribution in [3.8, 4) is 0 Å². The predicted octanol–water partition coefficient (Wildman–Crippen LogP) is -0.558. The van der Waals surface area contributed by atoms with Gasteiger partial charge in [-0.25, -0.2) is 0 Å². The molecule has 0 aromatic heterocycles. The quantitative estimate of drug-likeness (QED) is 0.584. The van der Waals surface area contributed by atoms with Crippen LogP contribution in [0.2, 0.25) is 0 Å². The van der Waals surface area contributed by atoms with Crippen molar-refractivity contribution in [2.75, 3.05) is 6.54 Å². The molecule has 1 fully saturated rings. The summed E-state index contributed by atoms with van der Waals surface area (Å²) >= 11 is 0. The van der Waals surface area contributed by atoms with E-state index in [1.54, 1.807) is 0 Å². The Morgan fingerprint density at radius 2 is 2.33 bits per heavy atom. The molecule has 1 amide bonds. The van der Waals surface area contributed by atoms with Gasteiger partial charge >= 0.3 is 0 Å². The lowest BCUT2D eigenvalue weighted by Crippen LogP contribution is -2.60. The topological polar surface area (TPSA) is 58.2 Å². The lowest BCUT2D eigenvalue weighted by Gasteiger charge is -2.28. The molecule has 0 aromatic rings. The molecule has 4 nitrogen and oxygen atoms in total. The maximum atomic E-state index is 11.2. The van der Waals surface area contributed by atoms with E-state index in [0.717, 1.165) is 6.42 Å². The molecule has 0 aliphatic carbocycles. The number of nitrogens with one attached hydrogen (secondary N) is 2. The third-order valence-electron chi connectivity index (χ3n) is 2.10. The Labute approximate surface area is 71.7 Å². The Bertz CT molecular complexity index is 203. The van der Waals surface area contributed by atoms with Gasteiger partial charge in [0.1, 0.15) is 0 Å². The SMILES string of the molecule is CCC1NCC(C(C)=O)NC1=O. The summed E-state index contributed by atoms with van der Waals surface area (Å²) in [7, 11) is 0. The van der Waals surface area contributed by atoms with Gasteiger partial charge in [-0.1, -0.05) is 6.92 Å². The van der Waals surface area contributed by atoms with Gasteiger partial charge in [-0.15, -0.1) is 0 Å². The zero-order chi connectivity index (χ0) is 9.14. The third kappa shape index (κ3) is 1.82. The standard InChI is InChI=1S/C8H14N2O2/c1-3-6-8(12)10-7(4-9-6)5(2)11/h6-7,9H,3-4H2,1-2H3,(H,10,12). The van der Waals surface area contributed by atoms with E-state index < -0.39 is 0 Å². The molecular weight excluding hydrogens is 156 g/mol. The minimum atomic E-state index is -0.333. The van der Waals surface area contributed by atoms with Crippen LogP contribution in [0.3, 0.4) is 0 Å². The lowest BCUT2D eigenvalue weighted by atomic mass is 10.1. The Kier molecular flexibility index (Phi) is 2.81. The Morgan fingerprint density at radius 3 is 2.75 bits per heavy atom. The smallest absolute Gasteiger partial charge is 0.237 e. The van der Waals surface area contributed by atoms with E-state index in [4.69, 9.17) is 0 Å². The fourth-order valence-corrected chi connectivity index (χ4v) is 1.25. The second-order valence-corrected chi connectivity index (χ2v) is 3.04. The molecule has 2 unspecified atom stereocenters. The highest BCUT2D eigenvalue weighted by Crippen LogP contribution is 1.99. The first-order valence-electron chi connectivity index (χ1n) is 4.19. The van der Waals surface area contributed by atoms with Gasteiger partial charge in [0.2, 0.25) is 5.91 Å². The summed E-state index contributed by atoms with van der Waals surface area (Å²) in [5.74, 6) is -0.0608. The number of hydrogen-bond donors (Lipinski definition) is 2. The van der Waals surface area contributed by atoms with Crippen molar-refractivity contribution in [2.45, 2.75) is 32.4 Å². The van der Waals surface area contributed by atoms with Gasteiger partial charge in [-0.05, 0) is 13.3 Å². The van der Waals surface area contributed by atoms with Gasteiger partial charge in [-0.2, -0.15) is 0 Å². The predicted molar refractivity (Wildman–Crippen MR) is 44.7 cm³/mol. The van der Waals surface area contributed by atoms with Crippen LogP contribution in [-0.2, 0) is 9.59 Å². The highest BCUT2D eigenvalue weighted by Gasteiger charge is 2.27. The number of hydrogen-bond acceptors (Lipinski definition) is 3. The van der Waals surface area contributed by atoms with E-state index in [1.165, 1.54) is 6.92 Å². The lowest BCUT2D eigenvalue weighted by molar-refractivity contribution is -0.130. The molecule has 1 aliphatic heterocycles. The molecule has 2 N–H and O–H groups in total. The van der Waals surface area contributed by atoms with Gasteiger partial charge < -0.3 is 10.6 Å². The minimum Gasteiger partial charge on any atom is -0.344 e. The molecule has 0 radical (unpaired) electrons. The van der Waals surface area contributed by atoms with E-state index in [0.29, 0.717) is 6.54 Å². The summed E-state index contributed by atoms with van der Waals surface area (Å²) < 4.78 is 0. The molecule has 68 valence electrons. The summed E-state index contributed by atoms with van der Waals surface area (Å²) in [5.41, 5.74) is 0. The number of amides is 1. The van der Waals surface area contributed by atoms with Crippen LogP contribution >= 0.6 is 0 Å². The first-order chi connectivity index (χ1) is 5.65. The summed E-state index contributed by atoms with van der Waals surface area (Å²) in [6.07, 6.45) is 0.760. The maximum absolute atomic E-state index is 11.2. The Hall–Kier alpha value is -0.900. The molecule has 0 aromatic carbocycles. The van der Waals surface area contributed by atoms with Crippen LogP contribution in [0.1, 0.15) is 20.3 Å². The first kappa shape index (κ1) is 9.19. The second kappa shape index (κ2) is 3.67. The number of rotatable bonds is 2. The van der Waals surface area contributed by atoms with E-state index in [9.17, 15) is 9.59 Å². The van der Waals surface area contributed by atoms with Crippen molar-refractivity contribution in [1.82, 2.24) is 10.6 Å². The zero-order valence-electron chi connectivity index (χ0n) is 7.39. The van der Waals surface area contributed by atoms with Gasteiger partial charge in [-0.3, -0.25) is 9.59 Å². The minimum absolute atomic E-state index is 0.00500. The fraction of sp³-hybridized carbons (Fsp3) is 0.750. The van der Waals surface area contributed by atoms with Crippen LogP contribution < -0.4 is 10.6 Å². The van der Waals surface area contributed by atoms with Crippen molar-refractivity contribution in [2.24, 2.45) is 0 Å². The van der Waals surface area contributed by atoms with Crippen molar-refractivity contribution in [3.05, 3.63) is 0 Å². The summed E-state index contributed by atoms with van der Waals surface area (Å²) in [4.78, 5) is 22.1.